The van der Waals surface area contributed by atoms with Crippen LogP contribution in [0.3, 0.4) is 0 Å². The van der Waals surface area contributed by atoms with Crippen molar-refractivity contribution in [2.45, 2.75) is 81.4 Å². The van der Waals surface area contributed by atoms with Crippen LogP contribution in [0, 0.1) is 11.8 Å². The minimum atomic E-state index is -3.90. The first-order chi connectivity index (χ1) is 18.6. The van der Waals surface area contributed by atoms with Gasteiger partial charge in [0.2, 0.25) is 16.0 Å². The Kier molecular flexibility index (Phi) is 8.42. The van der Waals surface area contributed by atoms with Gasteiger partial charge in [-0.05, 0) is 85.6 Å². The number of nitrogens with one attached hydrogen (secondary N) is 2. The molecule has 10 heteroatoms. The molecule has 3 aromatic rings. The molecule has 0 spiro atoms. The minimum absolute atomic E-state index is 0.0529. The molecule has 5 rings (SSSR count). The number of anilines is 1. The number of hydrogen-bond donors (Lipinski definition) is 3. The van der Waals surface area contributed by atoms with Gasteiger partial charge in [0.05, 0.1) is 10.5 Å². The number of rotatable bonds is 10. The number of fused-ring (bicyclic) bond motifs is 2. The number of sulfonamides is 1. The monoisotopic (exact) mass is 573 g/mol. The third-order valence-electron chi connectivity index (χ3n) is 8.35. The van der Waals surface area contributed by atoms with E-state index in [9.17, 15) is 12.8 Å². The highest BCUT2D eigenvalue weighted by molar-refractivity contribution is 7.89. The summed E-state index contributed by atoms with van der Waals surface area (Å²) < 4.78 is 42.4. The van der Waals surface area contributed by atoms with E-state index in [0.717, 1.165) is 54.1 Å². The molecule has 7 nitrogen and oxygen atoms in total. The number of alkyl halides is 1. The fraction of sp³-hybridized carbons (Fsp3) is 0.517. The Hall–Kier alpha value is -2.33. The van der Waals surface area contributed by atoms with Crippen LogP contribution in [0.2, 0.25) is 5.02 Å². The molecule has 2 fully saturated rings. The first kappa shape index (κ1) is 28.2. The molecule has 0 amide bonds. The first-order valence-electron chi connectivity index (χ1n) is 13.8. The van der Waals surface area contributed by atoms with Crippen molar-refractivity contribution in [2.24, 2.45) is 17.6 Å². The summed E-state index contributed by atoms with van der Waals surface area (Å²) in [6.45, 7) is 3.72. The third kappa shape index (κ3) is 6.37. The largest absolute Gasteiger partial charge is 0.351 e. The van der Waals surface area contributed by atoms with E-state index in [4.69, 9.17) is 22.3 Å². The van der Waals surface area contributed by atoms with Crippen LogP contribution in [0.1, 0.15) is 63.0 Å². The summed E-state index contributed by atoms with van der Waals surface area (Å²) in [6.07, 6.45) is 5.93. The van der Waals surface area contributed by atoms with E-state index in [2.05, 4.69) is 28.0 Å². The van der Waals surface area contributed by atoms with Crippen molar-refractivity contribution in [1.29, 1.82) is 0 Å². The molecule has 0 aliphatic heterocycles. The quantitative estimate of drug-likeness (QED) is 0.292. The van der Waals surface area contributed by atoms with Crippen LogP contribution in [0.25, 0.3) is 10.9 Å². The lowest BCUT2D eigenvalue weighted by atomic mass is 9.92. The second-order valence-electron chi connectivity index (χ2n) is 11.2. The molecular weight excluding hydrogens is 537 g/mol. The van der Waals surface area contributed by atoms with Gasteiger partial charge in [-0.1, -0.05) is 43.6 Å². The van der Waals surface area contributed by atoms with Gasteiger partial charge in [-0.15, -0.1) is 0 Å². The molecule has 2 aromatic carbocycles. The molecule has 2 aliphatic carbocycles. The van der Waals surface area contributed by atoms with E-state index in [1.807, 2.05) is 19.2 Å². The van der Waals surface area contributed by atoms with Crippen molar-refractivity contribution in [2.75, 3.05) is 11.9 Å². The molecule has 1 aromatic heterocycles. The lowest BCUT2D eigenvalue weighted by Gasteiger charge is -2.19. The minimum Gasteiger partial charge on any atom is -0.351 e. The number of aromatic nitrogens is 2. The van der Waals surface area contributed by atoms with E-state index in [1.165, 1.54) is 12.1 Å². The van der Waals surface area contributed by atoms with Crippen molar-refractivity contribution < 1.29 is 12.8 Å². The average Bonchev–Trinajstić information content (AvgIpc) is 3.43. The van der Waals surface area contributed by atoms with Gasteiger partial charge in [-0.25, -0.2) is 27.5 Å². The molecule has 0 saturated heterocycles. The van der Waals surface area contributed by atoms with E-state index < -0.39 is 16.2 Å². The van der Waals surface area contributed by atoms with Crippen LogP contribution in [-0.4, -0.2) is 43.2 Å². The lowest BCUT2D eigenvalue weighted by molar-refractivity contribution is 0.299. The Balaban J connectivity index is 1.23. The predicted octanol–water partition coefficient (Wildman–Crippen LogP) is 5.58. The highest BCUT2D eigenvalue weighted by Gasteiger charge is 2.40. The summed E-state index contributed by atoms with van der Waals surface area (Å²) in [5, 5.41) is 4.58. The Labute approximate surface area is 235 Å². The maximum Gasteiger partial charge on any atom is 0.242 e. The topological polar surface area (TPSA) is 110 Å². The zero-order valence-corrected chi connectivity index (χ0v) is 24.0. The Morgan fingerprint density at radius 1 is 1.15 bits per heavy atom. The average molecular weight is 574 g/mol. The number of nitrogens with two attached hydrogens (primary N) is 1. The lowest BCUT2D eigenvalue weighted by Crippen LogP contribution is -2.31. The van der Waals surface area contributed by atoms with Gasteiger partial charge >= 0.3 is 0 Å². The predicted molar refractivity (Wildman–Crippen MR) is 154 cm³/mol. The van der Waals surface area contributed by atoms with Crippen LogP contribution < -0.4 is 15.8 Å². The molecule has 39 heavy (non-hydrogen) atoms. The second-order valence-corrected chi connectivity index (χ2v) is 13.4. The van der Waals surface area contributed by atoms with Crippen LogP contribution in [-0.2, 0) is 16.4 Å². The zero-order valence-electron chi connectivity index (χ0n) is 22.4. The van der Waals surface area contributed by atoms with Gasteiger partial charge in [-0.2, -0.15) is 0 Å². The van der Waals surface area contributed by atoms with Gasteiger partial charge in [-0.3, -0.25) is 0 Å². The zero-order chi connectivity index (χ0) is 27.7. The summed E-state index contributed by atoms with van der Waals surface area (Å²) in [7, 11) is -3.90. The highest BCUT2D eigenvalue weighted by Crippen LogP contribution is 2.44. The van der Waals surface area contributed by atoms with Crippen LogP contribution in [0.4, 0.5) is 10.3 Å². The first-order valence-corrected chi connectivity index (χ1v) is 15.7. The van der Waals surface area contributed by atoms with Crippen molar-refractivity contribution in [1.82, 2.24) is 14.7 Å². The maximum absolute atomic E-state index is 14.9. The Bertz CT molecular complexity index is 1420. The summed E-state index contributed by atoms with van der Waals surface area (Å²) in [5.41, 5.74) is 9.12. The van der Waals surface area contributed by atoms with E-state index in [0.29, 0.717) is 29.9 Å². The smallest absolute Gasteiger partial charge is 0.242 e. The molecule has 0 radical (unpaired) electrons. The third-order valence-corrected chi connectivity index (χ3v) is 10.3. The number of hydrogen-bond acceptors (Lipinski definition) is 6. The summed E-state index contributed by atoms with van der Waals surface area (Å²) in [4.78, 5) is 9.41. The van der Waals surface area contributed by atoms with Crippen LogP contribution >= 0.6 is 11.6 Å². The SMILES string of the molecule is CCc1cc(C(C)CC(F)CNS(=O)(=O)c2ccccc2Cl)cc2cnc(NC3CC4CC(N)CC4C3)nc12. The summed E-state index contributed by atoms with van der Waals surface area (Å²) in [5.74, 6) is 1.95. The van der Waals surface area contributed by atoms with Crippen molar-refractivity contribution in [3.05, 3.63) is 58.7 Å². The molecular formula is C29H37ClFN5O2S. The molecule has 210 valence electrons. The van der Waals surface area contributed by atoms with Gasteiger partial charge in [0.25, 0.3) is 0 Å². The van der Waals surface area contributed by atoms with E-state index >= 15 is 0 Å². The van der Waals surface area contributed by atoms with E-state index in [1.54, 1.807) is 12.1 Å². The Morgan fingerprint density at radius 2 is 1.87 bits per heavy atom. The van der Waals surface area contributed by atoms with Crippen molar-refractivity contribution in [3.63, 3.8) is 0 Å². The van der Waals surface area contributed by atoms with Crippen molar-refractivity contribution in [3.8, 4) is 0 Å². The molecule has 0 bridgehead atoms. The van der Waals surface area contributed by atoms with Crippen LogP contribution in [0.15, 0.2) is 47.5 Å². The molecule has 2 saturated carbocycles. The van der Waals surface area contributed by atoms with Crippen LogP contribution in [0.5, 0.6) is 0 Å². The molecule has 4 atom stereocenters. The fourth-order valence-electron chi connectivity index (χ4n) is 6.38. The van der Waals surface area contributed by atoms with Crippen molar-refractivity contribution >= 4 is 38.5 Å². The molecule has 2 aliphatic rings. The number of benzene rings is 2. The number of halogens is 2. The number of aryl methyl sites for hydroxylation is 1. The van der Waals surface area contributed by atoms with Gasteiger partial charge in [0.15, 0.2) is 0 Å². The fourth-order valence-corrected chi connectivity index (χ4v) is 7.95. The summed E-state index contributed by atoms with van der Waals surface area (Å²) >= 11 is 6.01. The second kappa shape index (κ2) is 11.6. The summed E-state index contributed by atoms with van der Waals surface area (Å²) in [6, 6.07) is 11.0. The molecule has 1 heterocycles. The number of nitrogens with zero attached hydrogens (tertiary/aromatic N) is 2. The van der Waals surface area contributed by atoms with Gasteiger partial charge in [0.1, 0.15) is 11.1 Å². The normalized spacial score (nSPS) is 24.5. The Morgan fingerprint density at radius 3 is 2.56 bits per heavy atom. The van der Waals surface area contributed by atoms with E-state index in [-0.39, 0.29) is 28.8 Å². The van der Waals surface area contributed by atoms with Gasteiger partial charge in [0, 0.05) is 30.2 Å². The highest BCUT2D eigenvalue weighted by atomic mass is 35.5. The molecule has 4 unspecified atom stereocenters. The molecule has 4 N–H and O–H groups in total. The maximum atomic E-state index is 14.9. The standard InChI is InChI=1S/C29H37ClFN5O2S/c1-3-18-9-19(17(2)8-23(31)16-34-39(37,38)27-7-5-4-6-26(27)30)10-22-15-33-29(36-28(18)22)35-25-13-20-11-24(32)12-21(20)14-25/h4-7,9-10,15,17,20-21,23-25,34H,3,8,11-14,16,32H2,1-2H3,(H,33,35,36). The van der Waals surface area contributed by atoms with Gasteiger partial charge < -0.3 is 11.1 Å².